The lowest BCUT2D eigenvalue weighted by Crippen LogP contribution is -2.21. The van der Waals surface area contributed by atoms with Crippen LogP contribution < -0.4 is 10.1 Å². The van der Waals surface area contributed by atoms with E-state index in [1.165, 1.54) is 10.4 Å². The van der Waals surface area contributed by atoms with E-state index < -0.39 is 0 Å². The number of hydrogen-bond donors (Lipinski definition) is 1. The van der Waals surface area contributed by atoms with E-state index in [1.807, 2.05) is 12.1 Å². The monoisotopic (exact) mass is 339 g/mol. The van der Waals surface area contributed by atoms with Gasteiger partial charge in [-0.15, -0.1) is 11.3 Å². The van der Waals surface area contributed by atoms with Gasteiger partial charge in [-0.1, -0.05) is 12.1 Å². The van der Waals surface area contributed by atoms with E-state index in [0.29, 0.717) is 6.04 Å². The average molecular weight is 340 g/mol. The van der Waals surface area contributed by atoms with Crippen molar-refractivity contribution in [1.82, 2.24) is 5.32 Å². The first-order valence-corrected chi connectivity index (χ1v) is 7.91. The Morgan fingerprint density at radius 1 is 1.21 bits per heavy atom. The smallest absolute Gasteiger partial charge is 0.119 e. The van der Waals surface area contributed by atoms with Gasteiger partial charge in [0.25, 0.3) is 0 Å². The third-order valence-electron chi connectivity index (χ3n) is 3.11. The van der Waals surface area contributed by atoms with Crippen LogP contribution in [0.5, 0.6) is 5.75 Å². The van der Waals surface area contributed by atoms with E-state index in [2.05, 4.69) is 58.7 Å². The Labute approximate surface area is 126 Å². The van der Waals surface area contributed by atoms with Gasteiger partial charge in [0, 0.05) is 26.8 Å². The second-order valence-corrected chi connectivity index (χ2v) is 6.41. The molecule has 1 N–H and O–H groups in total. The Morgan fingerprint density at radius 2 is 2.00 bits per heavy atom. The number of methoxy groups -OCH3 is 1. The van der Waals surface area contributed by atoms with E-state index in [4.69, 9.17) is 4.74 Å². The molecule has 0 aliphatic heterocycles. The molecule has 0 aliphatic rings. The van der Waals surface area contributed by atoms with Crippen molar-refractivity contribution in [2.24, 2.45) is 0 Å². The van der Waals surface area contributed by atoms with Gasteiger partial charge in [-0.25, -0.2) is 0 Å². The minimum absolute atomic E-state index is 0.283. The minimum Gasteiger partial charge on any atom is -0.497 e. The summed E-state index contributed by atoms with van der Waals surface area (Å²) < 4.78 is 6.41. The van der Waals surface area contributed by atoms with Crippen molar-refractivity contribution in [3.8, 4) is 5.75 Å². The van der Waals surface area contributed by atoms with Gasteiger partial charge in [-0.05, 0) is 53.5 Å². The first-order valence-electron chi connectivity index (χ1n) is 6.24. The van der Waals surface area contributed by atoms with Gasteiger partial charge < -0.3 is 10.1 Å². The van der Waals surface area contributed by atoms with Crippen molar-refractivity contribution in [2.75, 3.05) is 7.11 Å². The van der Waals surface area contributed by atoms with Crippen LogP contribution in [0.3, 0.4) is 0 Å². The maximum Gasteiger partial charge on any atom is 0.119 e. The van der Waals surface area contributed by atoms with E-state index in [-0.39, 0.29) is 6.04 Å². The fraction of sp³-hybridized carbons (Fsp3) is 0.333. The molecule has 0 amide bonds. The molecule has 19 heavy (non-hydrogen) atoms. The highest BCUT2D eigenvalue weighted by Crippen LogP contribution is 2.28. The summed E-state index contributed by atoms with van der Waals surface area (Å²) >= 11 is 5.26. The molecule has 2 atom stereocenters. The molecule has 1 unspecified atom stereocenters. The Balaban J connectivity index is 2.05. The van der Waals surface area contributed by atoms with Crippen LogP contribution >= 0.6 is 27.3 Å². The topological polar surface area (TPSA) is 21.3 Å². The second kappa shape index (κ2) is 6.55. The molecule has 0 radical (unpaired) electrons. The zero-order chi connectivity index (χ0) is 13.8. The molecule has 4 heteroatoms. The molecule has 1 aromatic heterocycles. The number of benzene rings is 1. The van der Waals surface area contributed by atoms with E-state index >= 15 is 0 Å². The number of rotatable bonds is 5. The molecule has 0 aliphatic carbocycles. The molecule has 1 aromatic carbocycles. The van der Waals surface area contributed by atoms with Crippen LogP contribution in [0.4, 0.5) is 0 Å². The highest BCUT2D eigenvalue weighted by atomic mass is 79.9. The first kappa shape index (κ1) is 14.6. The van der Waals surface area contributed by atoms with Crippen molar-refractivity contribution in [1.29, 1.82) is 0 Å². The molecular weight excluding hydrogens is 322 g/mol. The van der Waals surface area contributed by atoms with Crippen molar-refractivity contribution in [3.63, 3.8) is 0 Å². The SMILES string of the molecule is COc1cccc([C@H](C)NC(C)c2cc(Br)cs2)c1. The van der Waals surface area contributed by atoms with Gasteiger partial charge in [-0.3, -0.25) is 0 Å². The predicted molar refractivity (Wildman–Crippen MR) is 85.0 cm³/mol. The maximum absolute atomic E-state index is 5.27. The van der Waals surface area contributed by atoms with Gasteiger partial charge in [0.15, 0.2) is 0 Å². The Hall–Kier alpha value is -0.840. The first-order chi connectivity index (χ1) is 9.10. The summed E-state index contributed by atoms with van der Waals surface area (Å²) in [5.41, 5.74) is 1.24. The lowest BCUT2D eigenvalue weighted by Gasteiger charge is -2.20. The fourth-order valence-electron chi connectivity index (χ4n) is 2.02. The highest BCUT2D eigenvalue weighted by molar-refractivity contribution is 9.10. The largest absolute Gasteiger partial charge is 0.497 e. The Bertz CT molecular complexity index is 540. The lowest BCUT2D eigenvalue weighted by atomic mass is 10.1. The maximum atomic E-state index is 5.27. The van der Waals surface area contributed by atoms with Crippen LogP contribution in [0.1, 0.15) is 36.4 Å². The molecule has 102 valence electrons. The third kappa shape index (κ3) is 3.81. The number of halogens is 1. The zero-order valence-corrected chi connectivity index (χ0v) is 13.7. The number of thiophene rings is 1. The predicted octanol–water partition coefficient (Wildman–Crippen LogP) is 4.93. The molecule has 0 saturated carbocycles. The summed E-state index contributed by atoms with van der Waals surface area (Å²) in [6.45, 7) is 4.36. The molecule has 0 fully saturated rings. The van der Waals surface area contributed by atoms with Crippen LogP contribution in [-0.4, -0.2) is 7.11 Å². The molecule has 2 nitrogen and oxygen atoms in total. The quantitative estimate of drug-likeness (QED) is 0.833. The summed E-state index contributed by atoms with van der Waals surface area (Å²) in [5, 5.41) is 5.73. The lowest BCUT2D eigenvalue weighted by molar-refractivity contribution is 0.412. The van der Waals surface area contributed by atoms with E-state index in [1.54, 1.807) is 18.4 Å². The Kier molecular flexibility index (Phi) is 5.02. The average Bonchev–Trinajstić information content (AvgIpc) is 2.85. The Morgan fingerprint density at radius 3 is 2.63 bits per heavy atom. The van der Waals surface area contributed by atoms with Crippen LogP contribution in [0.15, 0.2) is 40.2 Å². The van der Waals surface area contributed by atoms with E-state index in [9.17, 15) is 0 Å². The van der Waals surface area contributed by atoms with Crippen LogP contribution in [0.2, 0.25) is 0 Å². The number of nitrogens with one attached hydrogen (secondary N) is 1. The van der Waals surface area contributed by atoms with Crippen molar-refractivity contribution in [3.05, 3.63) is 50.6 Å². The molecule has 0 bridgehead atoms. The standard InChI is InChI=1S/C15H18BrNOS/c1-10(12-5-4-6-14(7-12)18-3)17-11(2)15-8-13(16)9-19-15/h4-11,17H,1-3H3/t10-,11?/m0/s1. The zero-order valence-electron chi connectivity index (χ0n) is 11.3. The number of hydrogen-bond acceptors (Lipinski definition) is 3. The van der Waals surface area contributed by atoms with Gasteiger partial charge in [-0.2, -0.15) is 0 Å². The summed E-state index contributed by atoms with van der Waals surface area (Å²) in [7, 11) is 1.70. The van der Waals surface area contributed by atoms with Crippen molar-refractivity contribution >= 4 is 27.3 Å². The van der Waals surface area contributed by atoms with Gasteiger partial charge in [0.2, 0.25) is 0 Å². The molecule has 2 rings (SSSR count). The molecule has 0 spiro atoms. The number of ether oxygens (including phenoxy) is 1. The van der Waals surface area contributed by atoms with Crippen LogP contribution in [0, 0.1) is 0 Å². The van der Waals surface area contributed by atoms with Gasteiger partial charge in [0.1, 0.15) is 5.75 Å². The fourth-order valence-corrected chi connectivity index (χ4v) is 3.48. The van der Waals surface area contributed by atoms with Crippen molar-refractivity contribution < 1.29 is 4.74 Å². The third-order valence-corrected chi connectivity index (χ3v) is 4.98. The molecule has 2 aromatic rings. The summed E-state index contributed by atoms with van der Waals surface area (Å²) in [6.07, 6.45) is 0. The second-order valence-electron chi connectivity index (χ2n) is 4.55. The summed E-state index contributed by atoms with van der Waals surface area (Å²) in [4.78, 5) is 1.33. The van der Waals surface area contributed by atoms with Crippen molar-refractivity contribution in [2.45, 2.75) is 25.9 Å². The van der Waals surface area contributed by atoms with Crippen LogP contribution in [0.25, 0.3) is 0 Å². The minimum atomic E-state index is 0.283. The summed E-state index contributed by atoms with van der Waals surface area (Å²) in [5.74, 6) is 0.901. The molecular formula is C15H18BrNOS. The van der Waals surface area contributed by atoms with E-state index in [0.717, 1.165) is 10.2 Å². The normalized spacial score (nSPS) is 14.1. The molecule has 0 saturated heterocycles. The summed E-state index contributed by atoms with van der Waals surface area (Å²) in [6, 6.07) is 11.0. The molecule has 1 heterocycles. The highest BCUT2D eigenvalue weighted by Gasteiger charge is 2.13. The van der Waals surface area contributed by atoms with Gasteiger partial charge >= 0.3 is 0 Å². The van der Waals surface area contributed by atoms with Gasteiger partial charge in [0.05, 0.1) is 7.11 Å². The van der Waals surface area contributed by atoms with Crippen LogP contribution in [-0.2, 0) is 0 Å².